The summed E-state index contributed by atoms with van der Waals surface area (Å²) in [4.78, 5) is 13.8. The van der Waals surface area contributed by atoms with Crippen molar-refractivity contribution in [3.8, 4) is 0 Å². The molecule has 6 nitrogen and oxygen atoms in total. The molecule has 2 rings (SSSR count). The van der Waals surface area contributed by atoms with E-state index in [0.29, 0.717) is 24.7 Å². The molecular weight excluding hydrogens is 280 g/mol. The van der Waals surface area contributed by atoms with E-state index in [1.807, 2.05) is 42.3 Å². The number of aromatic nitrogens is 2. The van der Waals surface area contributed by atoms with Gasteiger partial charge in [-0.2, -0.15) is 0 Å². The summed E-state index contributed by atoms with van der Waals surface area (Å²) in [5, 5.41) is 10.9. The van der Waals surface area contributed by atoms with Gasteiger partial charge < -0.3 is 15.0 Å². The first-order valence-electron chi connectivity index (χ1n) is 7.12. The Hall–Kier alpha value is -2.47. The summed E-state index contributed by atoms with van der Waals surface area (Å²) in [7, 11) is 3.54. The third-order valence-corrected chi connectivity index (χ3v) is 3.18. The highest BCUT2D eigenvalue weighted by Gasteiger charge is 2.10. The number of carbonyl (C=O) groups excluding carboxylic acids is 1. The van der Waals surface area contributed by atoms with Crippen molar-refractivity contribution >= 4 is 17.4 Å². The number of para-hydroxylation sites is 1. The number of nitrogens with zero attached hydrogens (tertiary/aromatic N) is 3. The van der Waals surface area contributed by atoms with Gasteiger partial charge in [0.1, 0.15) is 0 Å². The average Bonchev–Trinajstić information content (AvgIpc) is 2.59. The van der Waals surface area contributed by atoms with E-state index in [-0.39, 0.29) is 5.91 Å². The van der Waals surface area contributed by atoms with E-state index in [4.69, 9.17) is 4.74 Å². The van der Waals surface area contributed by atoms with Crippen molar-refractivity contribution in [2.24, 2.45) is 0 Å². The molecular formula is C16H20N4O2. The standard InChI is InChI=1S/C16H20N4O2/c1-20(13-7-4-3-5-8-13)15-10-9-14(18-19-15)16(21)17-11-6-12-22-2/h3-5,7-10H,6,11-12H2,1-2H3,(H,17,21). The van der Waals surface area contributed by atoms with Gasteiger partial charge in [-0.05, 0) is 30.7 Å². The molecule has 1 aromatic carbocycles. The van der Waals surface area contributed by atoms with Crippen LogP contribution in [0.5, 0.6) is 0 Å². The molecule has 0 atom stereocenters. The van der Waals surface area contributed by atoms with Crippen LogP contribution >= 0.6 is 0 Å². The fourth-order valence-corrected chi connectivity index (χ4v) is 1.92. The van der Waals surface area contributed by atoms with E-state index in [1.165, 1.54) is 0 Å². The smallest absolute Gasteiger partial charge is 0.271 e. The second-order valence-corrected chi connectivity index (χ2v) is 4.77. The SMILES string of the molecule is COCCCNC(=O)c1ccc(N(C)c2ccccc2)nn1. The minimum absolute atomic E-state index is 0.225. The predicted octanol–water partition coefficient (Wildman–Crippen LogP) is 2.01. The number of anilines is 2. The zero-order chi connectivity index (χ0) is 15.8. The second kappa shape index (κ2) is 8.09. The molecule has 1 N–H and O–H groups in total. The lowest BCUT2D eigenvalue weighted by Crippen LogP contribution is -2.26. The van der Waals surface area contributed by atoms with Gasteiger partial charge in [0, 0.05) is 33.0 Å². The lowest BCUT2D eigenvalue weighted by molar-refractivity contribution is 0.0942. The number of hydrogen-bond donors (Lipinski definition) is 1. The van der Waals surface area contributed by atoms with Crippen molar-refractivity contribution in [2.75, 3.05) is 32.2 Å². The van der Waals surface area contributed by atoms with Gasteiger partial charge >= 0.3 is 0 Å². The van der Waals surface area contributed by atoms with Gasteiger partial charge in [-0.3, -0.25) is 4.79 Å². The molecule has 0 saturated heterocycles. The highest BCUT2D eigenvalue weighted by atomic mass is 16.5. The van der Waals surface area contributed by atoms with Crippen LogP contribution in [0.4, 0.5) is 11.5 Å². The van der Waals surface area contributed by atoms with E-state index < -0.39 is 0 Å². The van der Waals surface area contributed by atoms with Crippen molar-refractivity contribution < 1.29 is 9.53 Å². The number of hydrogen-bond acceptors (Lipinski definition) is 5. The molecule has 0 aliphatic heterocycles. The summed E-state index contributed by atoms with van der Waals surface area (Å²) in [5.41, 5.74) is 1.32. The lowest BCUT2D eigenvalue weighted by atomic mass is 10.3. The number of nitrogens with one attached hydrogen (secondary N) is 1. The largest absolute Gasteiger partial charge is 0.385 e. The van der Waals surface area contributed by atoms with Gasteiger partial charge in [-0.1, -0.05) is 18.2 Å². The van der Waals surface area contributed by atoms with E-state index >= 15 is 0 Å². The Kier molecular flexibility index (Phi) is 5.85. The van der Waals surface area contributed by atoms with Gasteiger partial charge in [0.05, 0.1) is 0 Å². The zero-order valence-electron chi connectivity index (χ0n) is 12.8. The van der Waals surface area contributed by atoms with E-state index in [2.05, 4.69) is 15.5 Å². The summed E-state index contributed by atoms with van der Waals surface area (Å²) in [6.07, 6.45) is 0.768. The monoisotopic (exact) mass is 300 g/mol. The first-order valence-corrected chi connectivity index (χ1v) is 7.12. The van der Waals surface area contributed by atoms with E-state index in [9.17, 15) is 4.79 Å². The zero-order valence-corrected chi connectivity index (χ0v) is 12.8. The van der Waals surface area contributed by atoms with Crippen LogP contribution in [0, 0.1) is 0 Å². The van der Waals surface area contributed by atoms with Gasteiger partial charge in [0.15, 0.2) is 11.5 Å². The maximum absolute atomic E-state index is 11.9. The van der Waals surface area contributed by atoms with Crippen molar-refractivity contribution in [1.29, 1.82) is 0 Å². The molecule has 0 spiro atoms. The fraction of sp³-hybridized carbons (Fsp3) is 0.312. The number of rotatable bonds is 7. The first-order chi connectivity index (χ1) is 10.7. The minimum atomic E-state index is -0.225. The Balaban J connectivity index is 1.96. The molecule has 0 aliphatic carbocycles. The minimum Gasteiger partial charge on any atom is -0.385 e. The third kappa shape index (κ3) is 4.26. The molecule has 2 aromatic rings. The molecule has 6 heteroatoms. The molecule has 0 saturated carbocycles. The highest BCUT2D eigenvalue weighted by molar-refractivity contribution is 5.92. The van der Waals surface area contributed by atoms with E-state index in [1.54, 1.807) is 19.2 Å². The van der Waals surface area contributed by atoms with Crippen LogP contribution in [-0.2, 0) is 4.74 Å². The lowest BCUT2D eigenvalue weighted by Gasteiger charge is -2.17. The maximum atomic E-state index is 11.9. The summed E-state index contributed by atoms with van der Waals surface area (Å²) >= 11 is 0. The molecule has 116 valence electrons. The van der Waals surface area contributed by atoms with E-state index in [0.717, 1.165) is 12.1 Å². The van der Waals surface area contributed by atoms with Crippen LogP contribution < -0.4 is 10.2 Å². The van der Waals surface area contributed by atoms with Gasteiger partial charge in [-0.15, -0.1) is 10.2 Å². The molecule has 1 amide bonds. The van der Waals surface area contributed by atoms with Crippen LogP contribution in [0.1, 0.15) is 16.9 Å². The number of ether oxygens (including phenoxy) is 1. The predicted molar refractivity (Wildman–Crippen MR) is 85.4 cm³/mol. The number of carbonyl (C=O) groups is 1. The van der Waals surface area contributed by atoms with Crippen molar-refractivity contribution in [2.45, 2.75) is 6.42 Å². The first kappa shape index (κ1) is 15.9. The Morgan fingerprint density at radius 3 is 2.59 bits per heavy atom. The number of amides is 1. The van der Waals surface area contributed by atoms with Crippen LogP contribution in [0.25, 0.3) is 0 Å². The highest BCUT2D eigenvalue weighted by Crippen LogP contribution is 2.19. The van der Waals surface area contributed by atoms with Crippen molar-refractivity contribution in [3.05, 3.63) is 48.2 Å². The normalized spacial score (nSPS) is 10.3. The Morgan fingerprint density at radius 2 is 1.95 bits per heavy atom. The Morgan fingerprint density at radius 1 is 1.18 bits per heavy atom. The van der Waals surface area contributed by atoms with Gasteiger partial charge in [-0.25, -0.2) is 0 Å². The van der Waals surface area contributed by atoms with Gasteiger partial charge in [0.25, 0.3) is 5.91 Å². The second-order valence-electron chi connectivity index (χ2n) is 4.77. The van der Waals surface area contributed by atoms with Crippen molar-refractivity contribution in [3.63, 3.8) is 0 Å². The molecule has 0 radical (unpaired) electrons. The van der Waals surface area contributed by atoms with Gasteiger partial charge in [0.2, 0.25) is 0 Å². The van der Waals surface area contributed by atoms with Crippen LogP contribution in [0.15, 0.2) is 42.5 Å². The maximum Gasteiger partial charge on any atom is 0.271 e. The molecule has 0 aliphatic rings. The molecule has 22 heavy (non-hydrogen) atoms. The Bertz CT molecular complexity index is 587. The van der Waals surface area contributed by atoms with Crippen molar-refractivity contribution in [1.82, 2.24) is 15.5 Å². The topological polar surface area (TPSA) is 67.3 Å². The molecule has 1 heterocycles. The summed E-state index contributed by atoms with van der Waals surface area (Å²) in [6, 6.07) is 13.3. The van der Waals surface area contributed by atoms with Crippen LogP contribution in [0.2, 0.25) is 0 Å². The molecule has 0 bridgehead atoms. The number of methoxy groups -OCH3 is 1. The summed E-state index contributed by atoms with van der Waals surface area (Å²) < 4.78 is 4.93. The average molecular weight is 300 g/mol. The third-order valence-electron chi connectivity index (χ3n) is 3.18. The van der Waals surface area contributed by atoms with Crippen LogP contribution in [-0.4, -0.2) is 43.4 Å². The quantitative estimate of drug-likeness (QED) is 0.792. The summed E-state index contributed by atoms with van der Waals surface area (Å²) in [5.74, 6) is 0.458. The molecule has 0 fully saturated rings. The summed E-state index contributed by atoms with van der Waals surface area (Å²) in [6.45, 7) is 1.17. The Labute approximate surface area is 130 Å². The molecule has 0 unspecified atom stereocenters. The fourth-order valence-electron chi connectivity index (χ4n) is 1.92. The number of benzene rings is 1. The van der Waals surface area contributed by atoms with Crippen LogP contribution in [0.3, 0.4) is 0 Å². The molecule has 1 aromatic heterocycles.